The van der Waals surface area contributed by atoms with Gasteiger partial charge in [-0.25, -0.2) is 4.79 Å². The zero-order valence-corrected chi connectivity index (χ0v) is 13.2. The van der Waals surface area contributed by atoms with Gasteiger partial charge in [0.05, 0.1) is 5.69 Å². The summed E-state index contributed by atoms with van der Waals surface area (Å²) in [5.74, 6) is 0. The highest BCUT2D eigenvalue weighted by Crippen LogP contribution is 2.29. The Morgan fingerprint density at radius 3 is 2.82 bits per heavy atom. The predicted octanol–water partition coefficient (Wildman–Crippen LogP) is 3.73. The third-order valence-corrected chi connectivity index (χ3v) is 3.66. The topological polar surface area (TPSA) is 66.5 Å². The van der Waals surface area contributed by atoms with E-state index in [-0.39, 0.29) is 5.54 Å². The second kappa shape index (κ2) is 5.48. The fourth-order valence-corrected chi connectivity index (χ4v) is 2.78. The van der Waals surface area contributed by atoms with E-state index in [0.29, 0.717) is 0 Å². The van der Waals surface area contributed by atoms with Crippen LogP contribution >= 0.6 is 0 Å². The number of amides is 1. The smallest absolute Gasteiger partial charge is 0.353 e. The van der Waals surface area contributed by atoms with Crippen molar-refractivity contribution < 1.29 is 9.63 Å². The van der Waals surface area contributed by atoms with E-state index in [0.717, 1.165) is 36.2 Å². The average Bonchev–Trinajstić information content (AvgIpc) is 2.82. The molecule has 0 radical (unpaired) electrons. The number of nitrogens with zero attached hydrogens (tertiary/aromatic N) is 1. The van der Waals surface area contributed by atoms with Crippen LogP contribution in [-0.4, -0.2) is 22.3 Å². The van der Waals surface area contributed by atoms with Gasteiger partial charge in [0.2, 0.25) is 0 Å². The van der Waals surface area contributed by atoms with Crippen LogP contribution in [0.3, 0.4) is 0 Å². The van der Waals surface area contributed by atoms with Crippen molar-refractivity contribution in [3.05, 3.63) is 35.5 Å². The molecular formula is C17H21N3O2. The van der Waals surface area contributed by atoms with Gasteiger partial charge in [-0.15, -0.1) is 0 Å². The molecule has 1 aliphatic rings. The van der Waals surface area contributed by atoms with E-state index in [9.17, 15) is 4.79 Å². The van der Waals surface area contributed by atoms with Crippen LogP contribution in [0.5, 0.6) is 0 Å². The summed E-state index contributed by atoms with van der Waals surface area (Å²) in [6.45, 7) is 5.70. The van der Waals surface area contributed by atoms with Gasteiger partial charge in [0, 0.05) is 16.4 Å². The van der Waals surface area contributed by atoms with E-state index in [1.165, 1.54) is 10.9 Å². The first-order valence-corrected chi connectivity index (χ1v) is 7.60. The number of aromatic amines is 1. The first-order valence-electron chi connectivity index (χ1n) is 7.60. The highest BCUT2D eigenvalue weighted by Gasteiger charge is 2.22. The third kappa shape index (κ3) is 2.98. The summed E-state index contributed by atoms with van der Waals surface area (Å²) in [6.07, 6.45) is 2.32. The van der Waals surface area contributed by atoms with Crippen LogP contribution in [0.15, 0.2) is 29.4 Å². The molecule has 0 aliphatic heterocycles. The lowest BCUT2D eigenvalue weighted by Gasteiger charge is -2.19. The van der Waals surface area contributed by atoms with Gasteiger partial charge >= 0.3 is 6.09 Å². The van der Waals surface area contributed by atoms with Gasteiger partial charge in [0.1, 0.15) is 5.71 Å². The molecule has 0 spiro atoms. The summed E-state index contributed by atoms with van der Waals surface area (Å²) >= 11 is 0. The van der Waals surface area contributed by atoms with E-state index in [2.05, 4.69) is 27.6 Å². The molecule has 2 aromatic rings. The minimum Gasteiger partial charge on any atom is -0.353 e. The average molecular weight is 299 g/mol. The third-order valence-electron chi connectivity index (χ3n) is 3.66. The molecule has 1 aliphatic carbocycles. The highest BCUT2D eigenvalue weighted by atomic mass is 16.7. The van der Waals surface area contributed by atoms with Gasteiger partial charge in [-0.1, -0.05) is 23.4 Å². The summed E-state index contributed by atoms with van der Waals surface area (Å²) in [6, 6.07) is 8.21. The highest BCUT2D eigenvalue weighted by molar-refractivity contribution is 6.06. The van der Waals surface area contributed by atoms with Crippen LogP contribution in [-0.2, 0) is 11.3 Å². The quantitative estimate of drug-likeness (QED) is 0.622. The lowest BCUT2D eigenvalue weighted by atomic mass is 9.94. The number of fused-ring (bicyclic) bond motifs is 3. The Hall–Kier alpha value is -2.30. The second-order valence-corrected chi connectivity index (χ2v) is 6.67. The molecule has 0 atom stereocenters. The van der Waals surface area contributed by atoms with E-state index in [4.69, 9.17) is 4.84 Å². The number of hydrogen-bond donors (Lipinski definition) is 2. The monoisotopic (exact) mass is 299 g/mol. The number of rotatable bonds is 1. The first-order chi connectivity index (χ1) is 10.4. The Morgan fingerprint density at radius 1 is 1.27 bits per heavy atom. The van der Waals surface area contributed by atoms with Crippen molar-refractivity contribution in [1.82, 2.24) is 10.3 Å². The van der Waals surface area contributed by atoms with E-state index >= 15 is 0 Å². The van der Waals surface area contributed by atoms with Crippen molar-refractivity contribution in [3.63, 3.8) is 0 Å². The van der Waals surface area contributed by atoms with Crippen molar-refractivity contribution >= 4 is 22.7 Å². The van der Waals surface area contributed by atoms with Crippen LogP contribution in [0.1, 0.15) is 44.9 Å². The van der Waals surface area contributed by atoms with Crippen molar-refractivity contribution in [2.75, 3.05) is 0 Å². The molecule has 1 heterocycles. The van der Waals surface area contributed by atoms with Gasteiger partial charge in [0.15, 0.2) is 0 Å². The Kier molecular flexibility index (Phi) is 3.64. The Labute approximate surface area is 129 Å². The zero-order chi connectivity index (χ0) is 15.7. The largest absolute Gasteiger partial charge is 0.433 e. The maximum absolute atomic E-state index is 11.7. The lowest BCUT2D eigenvalue weighted by molar-refractivity contribution is 0.141. The van der Waals surface area contributed by atoms with Gasteiger partial charge < -0.3 is 10.3 Å². The van der Waals surface area contributed by atoms with Gasteiger partial charge in [0.25, 0.3) is 0 Å². The molecule has 5 nitrogen and oxygen atoms in total. The number of nitrogens with one attached hydrogen (secondary N) is 2. The maximum Gasteiger partial charge on any atom is 0.433 e. The molecule has 0 unspecified atom stereocenters. The van der Waals surface area contributed by atoms with Gasteiger partial charge in [-0.05, 0) is 51.7 Å². The Balaban J connectivity index is 1.85. The molecule has 116 valence electrons. The number of para-hydroxylation sites is 1. The number of carbonyl (C=O) groups is 1. The van der Waals surface area contributed by atoms with Crippen LogP contribution in [0.4, 0.5) is 4.79 Å². The van der Waals surface area contributed by atoms with E-state index in [1.54, 1.807) is 0 Å². The molecule has 1 amide bonds. The SMILES string of the molecule is CC(C)(C)NC(=O)O/N=C1/CCCc2c1[nH]c1ccccc21. The summed E-state index contributed by atoms with van der Waals surface area (Å²) < 4.78 is 0. The Morgan fingerprint density at radius 2 is 2.05 bits per heavy atom. The van der Waals surface area contributed by atoms with Crippen LogP contribution in [0, 0.1) is 0 Å². The lowest BCUT2D eigenvalue weighted by Crippen LogP contribution is -2.40. The molecule has 2 N–H and O–H groups in total. The molecule has 0 saturated heterocycles. The van der Waals surface area contributed by atoms with Crippen molar-refractivity contribution in [2.24, 2.45) is 5.16 Å². The minimum absolute atomic E-state index is 0.337. The van der Waals surface area contributed by atoms with E-state index in [1.807, 2.05) is 32.9 Å². The van der Waals surface area contributed by atoms with Crippen LogP contribution in [0.2, 0.25) is 0 Å². The first kappa shape index (κ1) is 14.6. The van der Waals surface area contributed by atoms with Crippen molar-refractivity contribution in [1.29, 1.82) is 0 Å². The molecule has 0 bridgehead atoms. The number of aryl methyl sites for hydroxylation is 1. The molecule has 1 aromatic heterocycles. The number of oxime groups is 1. The molecule has 5 heteroatoms. The fourth-order valence-electron chi connectivity index (χ4n) is 2.78. The zero-order valence-electron chi connectivity index (χ0n) is 13.2. The number of carbonyl (C=O) groups excluding carboxylic acids is 1. The number of aromatic nitrogens is 1. The molecule has 0 fully saturated rings. The van der Waals surface area contributed by atoms with Crippen LogP contribution in [0.25, 0.3) is 10.9 Å². The second-order valence-electron chi connectivity index (χ2n) is 6.67. The van der Waals surface area contributed by atoms with E-state index < -0.39 is 6.09 Å². The summed E-state index contributed by atoms with van der Waals surface area (Å²) in [4.78, 5) is 20.2. The minimum atomic E-state index is -0.525. The van der Waals surface area contributed by atoms with Gasteiger partial charge in [-0.3, -0.25) is 4.84 Å². The van der Waals surface area contributed by atoms with Crippen LogP contribution < -0.4 is 5.32 Å². The number of benzene rings is 1. The number of hydrogen-bond acceptors (Lipinski definition) is 3. The summed E-state index contributed by atoms with van der Waals surface area (Å²) in [5, 5.41) is 8.03. The van der Waals surface area contributed by atoms with Crippen molar-refractivity contribution in [2.45, 2.75) is 45.6 Å². The number of H-pyrrole nitrogens is 1. The normalized spacial score (nSPS) is 16.6. The molecule has 22 heavy (non-hydrogen) atoms. The molecular weight excluding hydrogens is 278 g/mol. The summed E-state index contributed by atoms with van der Waals surface area (Å²) in [5.41, 5.74) is 3.83. The Bertz CT molecular complexity index is 738. The molecule has 1 aromatic carbocycles. The predicted molar refractivity (Wildman–Crippen MR) is 87.1 cm³/mol. The molecule has 0 saturated carbocycles. The van der Waals surface area contributed by atoms with Crippen molar-refractivity contribution in [3.8, 4) is 0 Å². The summed E-state index contributed by atoms with van der Waals surface area (Å²) in [7, 11) is 0. The molecule has 3 rings (SSSR count). The van der Waals surface area contributed by atoms with Gasteiger partial charge in [-0.2, -0.15) is 0 Å². The fraction of sp³-hybridized carbons (Fsp3) is 0.412. The standard InChI is InChI=1S/C17H21N3O2/c1-17(2,3)19-16(21)22-20-14-10-6-8-12-11-7-4-5-9-13(11)18-15(12)14/h4-5,7,9,18H,6,8,10H2,1-3H3,(H,19,21)/b20-14-. The maximum atomic E-state index is 11.7.